The standard InChI is InChI=1S/C17H17Br3O5/c1-7(2)25-6-9-5-12(22)16(23)14(19)10(9)3-8-4-11(21)17(24)15(20)13(8)18/h4-5,7,21-24H,3,6H2,1-2H3. The van der Waals surface area contributed by atoms with Crippen molar-refractivity contribution in [2.45, 2.75) is 33.0 Å². The van der Waals surface area contributed by atoms with Gasteiger partial charge in [0.15, 0.2) is 23.0 Å². The minimum absolute atomic E-state index is 0.00108. The molecule has 2 aromatic carbocycles. The first-order chi connectivity index (χ1) is 11.6. The lowest BCUT2D eigenvalue weighted by atomic mass is 9.98. The van der Waals surface area contributed by atoms with Crippen LogP contribution in [0.25, 0.3) is 0 Å². The average Bonchev–Trinajstić information content (AvgIpc) is 2.56. The van der Waals surface area contributed by atoms with Gasteiger partial charge in [0.1, 0.15) is 0 Å². The van der Waals surface area contributed by atoms with Crippen molar-refractivity contribution >= 4 is 47.8 Å². The van der Waals surface area contributed by atoms with Crippen molar-refractivity contribution in [2.75, 3.05) is 0 Å². The zero-order valence-corrected chi connectivity index (χ0v) is 18.2. The molecule has 0 radical (unpaired) electrons. The number of phenolic OH excluding ortho intramolecular Hbond substituents is 4. The number of rotatable bonds is 5. The summed E-state index contributed by atoms with van der Waals surface area (Å²) in [6.45, 7) is 4.06. The molecular weight excluding hydrogens is 524 g/mol. The first-order valence-corrected chi connectivity index (χ1v) is 9.73. The number of hydrogen-bond acceptors (Lipinski definition) is 5. The third kappa shape index (κ3) is 4.42. The van der Waals surface area contributed by atoms with Crippen LogP contribution in [0.15, 0.2) is 25.6 Å². The van der Waals surface area contributed by atoms with E-state index < -0.39 is 0 Å². The Balaban J connectivity index is 2.53. The van der Waals surface area contributed by atoms with Crippen LogP contribution in [0.3, 0.4) is 0 Å². The fourth-order valence-corrected chi connectivity index (χ4v) is 3.76. The summed E-state index contributed by atoms with van der Waals surface area (Å²) >= 11 is 9.93. The molecule has 0 heterocycles. The Labute approximate surface area is 170 Å². The van der Waals surface area contributed by atoms with Gasteiger partial charge in [-0.3, -0.25) is 0 Å². The molecule has 2 aromatic rings. The molecule has 0 amide bonds. The molecule has 0 spiro atoms. The van der Waals surface area contributed by atoms with E-state index in [-0.39, 0.29) is 35.7 Å². The number of halogens is 3. The van der Waals surface area contributed by atoms with Gasteiger partial charge >= 0.3 is 0 Å². The molecule has 0 unspecified atom stereocenters. The summed E-state index contributed by atoms with van der Waals surface area (Å²) in [5.74, 6) is -1.02. The summed E-state index contributed by atoms with van der Waals surface area (Å²) in [6.07, 6.45) is 0.319. The van der Waals surface area contributed by atoms with Crippen LogP contribution in [-0.4, -0.2) is 26.5 Å². The highest BCUT2D eigenvalue weighted by Crippen LogP contribution is 2.44. The first kappa shape index (κ1) is 20.4. The minimum Gasteiger partial charge on any atom is -0.504 e. The fraction of sp³-hybridized carbons (Fsp3) is 0.294. The monoisotopic (exact) mass is 538 g/mol. The van der Waals surface area contributed by atoms with Gasteiger partial charge in [0.25, 0.3) is 0 Å². The molecule has 5 nitrogen and oxygen atoms in total. The van der Waals surface area contributed by atoms with Crippen molar-refractivity contribution in [3.8, 4) is 23.0 Å². The molecule has 0 aromatic heterocycles. The zero-order chi connectivity index (χ0) is 18.9. The molecule has 136 valence electrons. The Morgan fingerprint density at radius 3 is 1.92 bits per heavy atom. The van der Waals surface area contributed by atoms with Crippen molar-refractivity contribution in [3.05, 3.63) is 42.2 Å². The van der Waals surface area contributed by atoms with Gasteiger partial charge < -0.3 is 25.2 Å². The van der Waals surface area contributed by atoms with Crippen LogP contribution < -0.4 is 0 Å². The lowest BCUT2D eigenvalue weighted by Crippen LogP contribution is -2.06. The van der Waals surface area contributed by atoms with Gasteiger partial charge in [-0.05, 0) is 90.5 Å². The lowest BCUT2D eigenvalue weighted by molar-refractivity contribution is 0.0651. The molecule has 0 saturated carbocycles. The Morgan fingerprint density at radius 1 is 0.840 bits per heavy atom. The van der Waals surface area contributed by atoms with Crippen LogP contribution in [0.2, 0.25) is 0 Å². The largest absolute Gasteiger partial charge is 0.504 e. The molecule has 4 N–H and O–H groups in total. The topological polar surface area (TPSA) is 90.2 Å². The predicted octanol–water partition coefficient (Wildman–Crippen LogP) is 5.31. The summed E-state index contributed by atoms with van der Waals surface area (Å²) in [5, 5.41) is 39.6. The van der Waals surface area contributed by atoms with Gasteiger partial charge in [-0.15, -0.1) is 0 Å². The SMILES string of the molecule is CC(C)OCc1cc(O)c(O)c(Br)c1Cc1cc(O)c(O)c(Br)c1Br. The van der Waals surface area contributed by atoms with Crippen molar-refractivity contribution in [2.24, 2.45) is 0 Å². The van der Waals surface area contributed by atoms with Gasteiger partial charge in [0.05, 0.1) is 21.7 Å². The molecule has 0 fully saturated rings. The second-order valence-electron chi connectivity index (χ2n) is 5.76. The quantitative estimate of drug-likeness (QED) is 0.386. The van der Waals surface area contributed by atoms with Gasteiger partial charge in [-0.2, -0.15) is 0 Å². The number of benzene rings is 2. The Morgan fingerprint density at radius 2 is 1.36 bits per heavy atom. The number of ether oxygens (including phenoxy) is 1. The predicted molar refractivity (Wildman–Crippen MR) is 105 cm³/mol. The highest BCUT2D eigenvalue weighted by molar-refractivity contribution is 9.13. The smallest absolute Gasteiger partial charge is 0.173 e. The van der Waals surface area contributed by atoms with Gasteiger partial charge in [-0.1, -0.05) is 0 Å². The summed E-state index contributed by atoms with van der Waals surface area (Å²) < 4.78 is 6.90. The van der Waals surface area contributed by atoms with E-state index in [0.29, 0.717) is 36.5 Å². The van der Waals surface area contributed by atoms with Crippen molar-refractivity contribution in [1.82, 2.24) is 0 Å². The normalized spacial score (nSPS) is 11.3. The molecule has 2 rings (SSSR count). The number of aromatic hydroxyl groups is 4. The molecule has 8 heteroatoms. The second-order valence-corrected chi connectivity index (χ2v) is 8.14. The second kappa shape index (κ2) is 8.16. The molecular formula is C17H17Br3O5. The third-order valence-electron chi connectivity index (χ3n) is 3.59. The van der Waals surface area contributed by atoms with E-state index in [9.17, 15) is 20.4 Å². The zero-order valence-electron chi connectivity index (χ0n) is 13.5. The van der Waals surface area contributed by atoms with Crippen LogP contribution in [0.4, 0.5) is 0 Å². The Kier molecular flexibility index (Phi) is 6.64. The molecule has 0 atom stereocenters. The summed E-state index contributed by atoms with van der Waals surface area (Å²) in [5.41, 5.74) is 2.08. The van der Waals surface area contributed by atoms with Crippen LogP contribution in [0.1, 0.15) is 30.5 Å². The molecule has 0 aliphatic heterocycles. The van der Waals surface area contributed by atoms with Crippen LogP contribution in [-0.2, 0) is 17.8 Å². The number of hydrogen-bond donors (Lipinski definition) is 4. The summed E-state index contributed by atoms with van der Waals surface area (Å²) in [7, 11) is 0. The van der Waals surface area contributed by atoms with Crippen LogP contribution in [0, 0.1) is 0 Å². The highest BCUT2D eigenvalue weighted by atomic mass is 79.9. The molecule has 25 heavy (non-hydrogen) atoms. The van der Waals surface area contributed by atoms with E-state index in [4.69, 9.17) is 4.74 Å². The summed E-state index contributed by atoms with van der Waals surface area (Å²) in [4.78, 5) is 0. The van der Waals surface area contributed by atoms with Crippen LogP contribution >= 0.6 is 47.8 Å². The molecule has 0 saturated heterocycles. The van der Waals surface area contributed by atoms with Crippen molar-refractivity contribution in [3.63, 3.8) is 0 Å². The summed E-state index contributed by atoms with van der Waals surface area (Å²) in [6, 6.07) is 2.90. The maximum Gasteiger partial charge on any atom is 0.173 e. The van der Waals surface area contributed by atoms with Crippen molar-refractivity contribution < 1.29 is 25.2 Å². The van der Waals surface area contributed by atoms with Gasteiger partial charge in [0, 0.05) is 10.9 Å². The van der Waals surface area contributed by atoms with E-state index in [1.165, 1.54) is 12.1 Å². The average molecular weight is 541 g/mol. The van der Waals surface area contributed by atoms with E-state index in [0.717, 1.165) is 0 Å². The highest BCUT2D eigenvalue weighted by Gasteiger charge is 2.20. The van der Waals surface area contributed by atoms with E-state index >= 15 is 0 Å². The van der Waals surface area contributed by atoms with Crippen molar-refractivity contribution in [1.29, 1.82) is 0 Å². The van der Waals surface area contributed by atoms with E-state index in [1.807, 2.05) is 13.8 Å². The lowest BCUT2D eigenvalue weighted by Gasteiger charge is -2.17. The first-order valence-electron chi connectivity index (χ1n) is 7.36. The maximum atomic E-state index is 10.0. The van der Waals surface area contributed by atoms with Gasteiger partial charge in [0.2, 0.25) is 0 Å². The Bertz CT molecular complexity index is 806. The fourth-order valence-electron chi connectivity index (χ4n) is 2.27. The Hall–Kier alpha value is -0.960. The third-order valence-corrected chi connectivity index (χ3v) is 6.65. The molecule has 0 aliphatic rings. The minimum atomic E-state index is -0.263. The van der Waals surface area contributed by atoms with E-state index in [1.54, 1.807) is 0 Å². The number of phenols is 4. The van der Waals surface area contributed by atoms with Crippen LogP contribution in [0.5, 0.6) is 23.0 Å². The molecule has 0 aliphatic carbocycles. The van der Waals surface area contributed by atoms with E-state index in [2.05, 4.69) is 47.8 Å². The van der Waals surface area contributed by atoms with Gasteiger partial charge in [-0.25, -0.2) is 0 Å². The maximum absolute atomic E-state index is 10.0. The molecule has 0 bridgehead atoms.